The molecule has 0 aliphatic heterocycles. The number of methoxy groups -OCH3 is 1. The van der Waals surface area contributed by atoms with Crippen LogP contribution in [-0.4, -0.2) is 26.7 Å². The van der Waals surface area contributed by atoms with Crippen LogP contribution in [0.3, 0.4) is 0 Å². The molecule has 0 fully saturated rings. The van der Waals surface area contributed by atoms with Gasteiger partial charge in [0, 0.05) is 10.9 Å². The Morgan fingerprint density at radius 3 is 3.10 bits per heavy atom. The molecule has 20 heavy (non-hydrogen) atoms. The smallest absolute Gasteiger partial charge is 0.172 e. The molecular formula is C14H10N4OS. The molecule has 5 nitrogen and oxygen atoms in total. The van der Waals surface area contributed by atoms with E-state index in [1.54, 1.807) is 31.1 Å². The lowest BCUT2D eigenvalue weighted by molar-refractivity contribution is 0.415. The Hall–Kier alpha value is -2.47. The van der Waals surface area contributed by atoms with E-state index in [-0.39, 0.29) is 0 Å². The number of benzene rings is 1. The SMILES string of the molecule is COc1cccc(-c2csc3ncn4cnnc4c23)c1. The maximum absolute atomic E-state index is 5.29. The van der Waals surface area contributed by atoms with Gasteiger partial charge in [-0.25, -0.2) is 4.98 Å². The van der Waals surface area contributed by atoms with E-state index in [0.717, 1.165) is 32.7 Å². The largest absolute Gasteiger partial charge is 0.497 e. The zero-order chi connectivity index (χ0) is 13.5. The summed E-state index contributed by atoms with van der Waals surface area (Å²) in [5.41, 5.74) is 3.03. The van der Waals surface area contributed by atoms with E-state index < -0.39 is 0 Å². The van der Waals surface area contributed by atoms with Crippen molar-refractivity contribution in [1.29, 1.82) is 0 Å². The number of rotatable bonds is 2. The maximum Gasteiger partial charge on any atom is 0.172 e. The molecule has 0 saturated carbocycles. The maximum atomic E-state index is 5.29. The van der Waals surface area contributed by atoms with Crippen molar-refractivity contribution in [2.45, 2.75) is 0 Å². The number of hydrogen-bond acceptors (Lipinski definition) is 5. The van der Waals surface area contributed by atoms with Gasteiger partial charge in [-0.3, -0.25) is 4.40 Å². The van der Waals surface area contributed by atoms with Crippen LogP contribution < -0.4 is 4.74 Å². The highest BCUT2D eigenvalue weighted by Gasteiger charge is 2.13. The lowest BCUT2D eigenvalue weighted by Crippen LogP contribution is -1.88. The number of hydrogen-bond donors (Lipinski definition) is 0. The monoisotopic (exact) mass is 282 g/mol. The van der Waals surface area contributed by atoms with E-state index in [9.17, 15) is 0 Å². The summed E-state index contributed by atoms with van der Waals surface area (Å²) in [5, 5.41) is 11.3. The van der Waals surface area contributed by atoms with Crippen LogP contribution >= 0.6 is 11.3 Å². The molecule has 0 saturated heterocycles. The van der Waals surface area contributed by atoms with Crippen LogP contribution in [-0.2, 0) is 0 Å². The van der Waals surface area contributed by atoms with E-state index in [1.807, 2.05) is 22.6 Å². The van der Waals surface area contributed by atoms with Gasteiger partial charge in [-0.15, -0.1) is 21.5 Å². The van der Waals surface area contributed by atoms with Gasteiger partial charge in [0.2, 0.25) is 0 Å². The van der Waals surface area contributed by atoms with Crippen molar-refractivity contribution in [3.8, 4) is 16.9 Å². The Balaban J connectivity index is 2.05. The summed E-state index contributed by atoms with van der Waals surface area (Å²) in [6.45, 7) is 0. The topological polar surface area (TPSA) is 52.3 Å². The van der Waals surface area contributed by atoms with Crippen molar-refractivity contribution >= 4 is 27.2 Å². The number of fused-ring (bicyclic) bond motifs is 3. The minimum absolute atomic E-state index is 0.828. The van der Waals surface area contributed by atoms with Crippen LogP contribution in [0.4, 0.5) is 0 Å². The minimum atomic E-state index is 0.828. The van der Waals surface area contributed by atoms with Gasteiger partial charge in [0.15, 0.2) is 5.65 Å². The molecule has 3 aromatic heterocycles. The summed E-state index contributed by atoms with van der Waals surface area (Å²) in [6, 6.07) is 7.99. The van der Waals surface area contributed by atoms with Crippen molar-refractivity contribution in [2.24, 2.45) is 0 Å². The fraction of sp³-hybridized carbons (Fsp3) is 0.0714. The number of thiophene rings is 1. The second kappa shape index (κ2) is 4.28. The third-order valence-corrected chi connectivity index (χ3v) is 4.13. The van der Waals surface area contributed by atoms with Crippen molar-refractivity contribution < 1.29 is 4.74 Å². The summed E-state index contributed by atoms with van der Waals surface area (Å²) in [5.74, 6) is 0.836. The van der Waals surface area contributed by atoms with Gasteiger partial charge in [-0.1, -0.05) is 12.1 Å². The Bertz CT molecular complexity index is 912. The van der Waals surface area contributed by atoms with Gasteiger partial charge in [0.1, 0.15) is 23.2 Å². The van der Waals surface area contributed by atoms with E-state index in [0.29, 0.717) is 0 Å². The van der Waals surface area contributed by atoms with Crippen LogP contribution in [0.2, 0.25) is 0 Å². The summed E-state index contributed by atoms with van der Waals surface area (Å²) in [6.07, 6.45) is 3.40. The Morgan fingerprint density at radius 1 is 1.25 bits per heavy atom. The van der Waals surface area contributed by atoms with Crippen LogP contribution in [0.1, 0.15) is 0 Å². The first kappa shape index (κ1) is 11.4. The lowest BCUT2D eigenvalue weighted by atomic mass is 10.1. The molecule has 0 atom stereocenters. The molecule has 6 heteroatoms. The molecule has 0 N–H and O–H groups in total. The fourth-order valence-corrected chi connectivity index (χ4v) is 3.19. The van der Waals surface area contributed by atoms with Crippen LogP contribution in [0.15, 0.2) is 42.3 Å². The third kappa shape index (κ3) is 1.58. The summed E-state index contributed by atoms with van der Waals surface area (Å²) >= 11 is 1.61. The number of ether oxygens (including phenoxy) is 1. The lowest BCUT2D eigenvalue weighted by Gasteiger charge is -2.04. The molecule has 0 bridgehead atoms. The quantitative estimate of drug-likeness (QED) is 0.567. The molecule has 1 aromatic carbocycles. The first-order valence-electron chi connectivity index (χ1n) is 6.07. The molecule has 0 spiro atoms. The molecule has 0 unspecified atom stereocenters. The number of aromatic nitrogens is 4. The van der Waals surface area contributed by atoms with Gasteiger partial charge >= 0.3 is 0 Å². The van der Waals surface area contributed by atoms with E-state index in [1.165, 1.54) is 0 Å². The Kier molecular flexibility index (Phi) is 2.43. The molecule has 0 amide bonds. The van der Waals surface area contributed by atoms with E-state index in [2.05, 4.69) is 26.6 Å². The summed E-state index contributed by atoms with van der Waals surface area (Å²) < 4.78 is 7.12. The van der Waals surface area contributed by atoms with Crippen molar-refractivity contribution in [3.63, 3.8) is 0 Å². The first-order valence-corrected chi connectivity index (χ1v) is 6.95. The average Bonchev–Trinajstić information content (AvgIpc) is 3.12. The van der Waals surface area contributed by atoms with Crippen molar-refractivity contribution in [2.75, 3.05) is 7.11 Å². The van der Waals surface area contributed by atoms with Gasteiger partial charge < -0.3 is 4.74 Å². The second-order valence-electron chi connectivity index (χ2n) is 4.37. The molecular weight excluding hydrogens is 272 g/mol. The second-order valence-corrected chi connectivity index (χ2v) is 5.23. The highest BCUT2D eigenvalue weighted by Crippen LogP contribution is 2.35. The van der Waals surface area contributed by atoms with Crippen LogP contribution in [0.25, 0.3) is 27.0 Å². The standard InChI is InChI=1S/C14H10N4OS/c1-19-10-4-2-3-9(5-10)11-6-20-14-12(11)13-17-16-8-18(13)7-15-14/h2-8H,1H3. The normalized spacial score (nSPS) is 11.2. The summed E-state index contributed by atoms with van der Waals surface area (Å²) in [4.78, 5) is 5.40. The van der Waals surface area contributed by atoms with E-state index in [4.69, 9.17) is 4.74 Å². The molecule has 0 radical (unpaired) electrons. The first-order chi connectivity index (χ1) is 9.86. The predicted octanol–water partition coefficient (Wildman–Crippen LogP) is 3.01. The van der Waals surface area contributed by atoms with Gasteiger partial charge in [-0.2, -0.15) is 0 Å². The van der Waals surface area contributed by atoms with Crippen molar-refractivity contribution in [1.82, 2.24) is 19.6 Å². The predicted molar refractivity (Wildman–Crippen MR) is 78.2 cm³/mol. The van der Waals surface area contributed by atoms with Crippen LogP contribution in [0, 0.1) is 0 Å². The highest BCUT2D eigenvalue weighted by atomic mass is 32.1. The molecule has 4 aromatic rings. The fourth-order valence-electron chi connectivity index (χ4n) is 2.28. The van der Waals surface area contributed by atoms with E-state index >= 15 is 0 Å². The molecule has 0 aliphatic carbocycles. The Morgan fingerprint density at radius 2 is 2.20 bits per heavy atom. The van der Waals surface area contributed by atoms with Gasteiger partial charge in [0.05, 0.1) is 12.5 Å². The molecule has 98 valence electrons. The van der Waals surface area contributed by atoms with Gasteiger partial charge in [-0.05, 0) is 17.7 Å². The average molecular weight is 282 g/mol. The zero-order valence-electron chi connectivity index (χ0n) is 10.6. The minimum Gasteiger partial charge on any atom is -0.497 e. The van der Waals surface area contributed by atoms with Crippen LogP contribution in [0.5, 0.6) is 5.75 Å². The van der Waals surface area contributed by atoms with Crippen molar-refractivity contribution in [3.05, 3.63) is 42.3 Å². The Labute approximate surface area is 118 Å². The van der Waals surface area contributed by atoms with Gasteiger partial charge in [0.25, 0.3) is 0 Å². The summed E-state index contributed by atoms with van der Waals surface area (Å²) in [7, 11) is 1.67. The number of nitrogens with zero attached hydrogens (tertiary/aromatic N) is 4. The molecule has 4 rings (SSSR count). The molecule has 0 aliphatic rings. The third-order valence-electron chi connectivity index (χ3n) is 3.25. The molecule has 3 heterocycles. The highest BCUT2D eigenvalue weighted by molar-refractivity contribution is 7.17. The zero-order valence-corrected chi connectivity index (χ0v) is 11.5.